The number of nitrogens with one attached hydrogen (secondary N) is 1. The average Bonchev–Trinajstić information content (AvgIpc) is 2.57. The highest BCUT2D eigenvalue weighted by atomic mass is 79.9. The van der Waals surface area contributed by atoms with Gasteiger partial charge in [-0.2, -0.15) is 0 Å². The van der Waals surface area contributed by atoms with Gasteiger partial charge in [-0.05, 0) is 49.2 Å². The molecule has 2 amide bonds. The van der Waals surface area contributed by atoms with Crippen molar-refractivity contribution >= 4 is 39.1 Å². The number of rotatable bonds is 6. The molecule has 2 rings (SSSR count). The Morgan fingerprint density at radius 3 is 2.46 bits per heavy atom. The van der Waals surface area contributed by atoms with E-state index in [1.165, 1.54) is 0 Å². The standard InChI is InChI=1S/C19H21BrN2O2/c1-14-13-15(20)11-12-17(14)21-18(23)9-6-10-19(24)22(2)16-7-4-3-5-8-16/h3-5,7-8,11-13H,6,9-10H2,1-2H3,(H,21,23). The van der Waals surface area contributed by atoms with Crippen LogP contribution in [-0.2, 0) is 9.59 Å². The second-order valence-corrected chi connectivity index (χ2v) is 6.56. The van der Waals surface area contributed by atoms with Crippen LogP contribution in [-0.4, -0.2) is 18.9 Å². The molecule has 0 radical (unpaired) electrons. The summed E-state index contributed by atoms with van der Waals surface area (Å²) in [4.78, 5) is 25.8. The predicted octanol–water partition coefficient (Wildman–Crippen LogP) is 4.53. The van der Waals surface area contributed by atoms with Gasteiger partial charge in [0.25, 0.3) is 0 Å². The zero-order valence-corrected chi connectivity index (χ0v) is 15.5. The van der Waals surface area contributed by atoms with E-state index in [9.17, 15) is 9.59 Å². The molecule has 24 heavy (non-hydrogen) atoms. The summed E-state index contributed by atoms with van der Waals surface area (Å²) in [6, 6.07) is 15.2. The minimum atomic E-state index is -0.0735. The smallest absolute Gasteiger partial charge is 0.226 e. The van der Waals surface area contributed by atoms with Crippen molar-refractivity contribution < 1.29 is 9.59 Å². The van der Waals surface area contributed by atoms with Gasteiger partial charge < -0.3 is 10.2 Å². The Labute approximate surface area is 151 Å². The minimum Gasteiger partial charge on any atom is -0.326 e. The van der Waals surface area contributed by atoms with Crippen LogP contribution in [0.15, 0.2) is 53.0 Å². The molecule has 5 heteroatoms. The van der Waals surface area contributed by atoms with E-state index < -0.39 is 0 Å². The fourth-order valence-electron chi connectivity index (χ4n) is 2.34. The van der Waals surface area contributed by atoms with Crippen molar-refractivity contribution in [3.05, 3.63) is 58.6 Å². The molecule has 0 unspecified atom stereocenters. The molecule has 0 saturated carbocycles. The van der Waals surface area contributed by atoms with Crippen molar-refractivity contribution in [1.29, 1.82) is 0 Å². The molecule has 126 valence electrons. The Bertz CT molecular complexity index is 717. The Kier molecular flexibility index (Phi) is 6.55. The number of anilines is 2. The maximum absolute atomic E-state index is 12.2. The summed E-state index contributed by atoms with van der Waals surface area (Å²) in [5.41, 5.74) is 2.66. The lowest BCUT2D eigenvalue weighted by atomic mass is 10.1. The van der Waals surface area contributed by atoms with E-state index in [0.717, 1.165) is 21.4 Å². The van der Waals surface area contributed by atoms with Crippen LogP contribution >= 0.6 is 15.9 Å². The van der Waals surface area contributed by atoms with Crippen molar-refractivity contribution in [2.24, 2.45) is 0 Å². The summed E-state index contributed by atoms with van der Waals surface area (Å²) in [6.07, 6.45) is 1.19. The number of carbonyl (C=O) groups excluding carboxylic acids is 2. The first-order valence-corrected chi connectivity index (χ1v) is 8.64. The van der Waals surface area contributed by atoms with Crippen LogP contribution in [0.5, 0.6) is 0 Å². The van der Waals surface area contributed by atoms with Gasteiger partial charge in [0, 0.05) is 35.7 Å². The highest BCUT2D eigenvalue weighted by Crippen LogP contribution is 2.20. The second-order valence-electron chi connectivity index (χ2n) is 5.65. The van der Waals surface area contributed by atoms with Gasteiger partial charge in [0.05, 0.1) is 0 Å². The molecular weight excluding hydrogens is 368 g/mol. The normalized spacial score (nSPS) is 10.3. The van der Waals surface area contributed by atoms with Gasteiger partial charge in [-0.3, -0.25) is 9.59 Å². The number of aryl methyl sites for hydroxylation is 1. The largest absolute Gasteiger partial charge is 0.326 e. The summed E-state index contributed by atoms with van der Waals surface area (Å²) >= 11 is 3.40. The number of amides is 2. The van der Waals surface area contributed by atoms with Gasteiger partial charge in [0.1, 0.15) is 0 Å². The maximum atomic E-state index is 12.2. The third kappa shape index (κ3) is 5.20. The zero-order valence-electron chi connectivity index (χ0n) is 13.9. The van der Waals surface area contributed by atoms with E-state index in [1.54, 1.807) is 11.9 Å². The van der Waals surface area contributed by atoms with E-state index >= 15 is 0 Å². The molecule has 0 aromatic heterocycles. The van der Waals surface area contributed by atoms with E-state index in [4.69, 9.17) is 0 Å². The molecule has 4 nitrogen and oxygen atoms in total. The van der Waals surface area contributed by atoms with Crippen molar-refractivity contribution in [3.8, 4) is 0 Å². The number of hydrogen-bond acceptors (Lipinski definition) is 2. The van der Waals surface area contributed by atoms with Crippen LogP contribution in [0.1, 0.15) is 24.8 Å². The van der Waals surface area contributed by atoms with Gasteiger partial charge in [0.15, 0.2) is 0 Å². The highest BCUT2D eigenvalue weighted by Gasteiger charge is 2.12. The summed E-state index contributed by atoms with van der Waals surface area (Å²) in [5.74, 6) is -0.0654. The molecule has 0 heterocycles. The van der Waals surface area contributed by atoms with Crippen LogP contribution < -0.4 is 10.2 Å². The molecule has 0 fully saturated rings. The molecule has 2 aromatic rings. The lowest BCUT2D eigenvalue weighted by Gasteiger charge is -2.17. The number of benzene rings is 2. The van der Waals surface area contributed by atoms with E-state index in [-0.39, 0.29) is 11.8 Å². The summed E-state index contributed by atoms with van der Waals surface area (Å²) in [5, 5.41) is 2.89. The fraction of sp³-hybridized carbons (Fsp3) is 0.263. The zero-order chi connectivity index (χ0) is 17.5. The first-order valence-electron chi connectivity index (χ1n) is 7.85. The molecule has 0 aliphatic rings. The second kappa shape index (κ2) is 8.64. The summed E-state index contributed by atoms with van der Waals surface area (Å²) in [6.45, 7) is 1.94. The maximum Gasteiger partial charge on any atom is 0.226 e. The van der Waals surface area contributed by atoms with Gasteiger partial charge in [-0.1, -0.05) is 34.1 Å². The van der Waals surface area contributed by atoms with Crippen LogP contribution in [0.3, 0.4) is 0 Å². The molecule has 0 aliphatic carbocycles. The Hall–Kier alpha value is -2.14. The van der Waals surface area contributed by atoms with E-state index in [0.29, 0.717) is 19.3 Å². The Morgan fingerprint density at radius 2 is 1.79 bits per heavy atom. The molecular formula is C19H21BrN2O2. The Balaban J connectivity index is 1.79. The van der Waals surface area contributed by atoms with E-state index in [1.807, 2.05) is 55.5 Å². The van der Waals surface area contributed by atoms with Crippen LogP contribution in [0.4, 0.5) is 11.4 Å². The number of hydrogen-bond donors (Lipinski definition) is 1. The minimum absolute atomic E-state index is 0.00817. The first-order chi connectivity index (χ1) is 11.5. The summed E-state index contributed by atoms with van der Waals surface area (Å²) in [7, 11) is 1.75. The lowest BCUT2D eigenvalue weighted by Crippen LogP contribution is -2.26. The number of carbonyl (C=O) groups is 2. The van der Waals surface area contributed by atoms with Crippen LogP contribution in [0.2, 0.25) is 0 Å². The van der Waals surface area contributed by atoms with Crippen LogP contribution in [0.25, 0.3) is 0 Å². The third-order valence-electron chi connectivity index (χ3n) is 3.77. The highest BCUT2D eigenvalue weighted by molar-refractivity contribution is 9.10. The molecule has 0 bridgehead atoms. The SMILES string of the molecule is Cc1cc(Br)ccc1NC(=O)CCCC(=O)N(C)c1ccccc1. The van der Waals surface area contributed by atoms with Crippen molar-refractivity contribution in [2.75, 3.05) is 17.3 Å². The molecule has 0 aliphatic heterocycles. The van der Waals surface area contributed by atoms with E-state index in [2.05, 4.69) is 21.2 Å². The first kappa shape index (κ1) is 18.2. The van der Waals surface area contributed by atoms with Crippen molar-refractivity contribution in [1.82, 2.24) is 0 Å². The van der Waals surface area contributed by atoms with Crippen molar-refractivity contribution in [3.63, 3.8) is 0 Å². The topological polar surface area (TPSA) is 49.4 Å². The number of nitrogens with zero attached hydrogens (tertiary/aromatic N) is 1. The fourth-order valence-corrected chi connectivity index (χ4v) is 2.82. The predicted molar refractivity (Wildman–Crippen MR) is 101 cm³/mol. The monoisotopic (exact) mass is 388 g/mol. The van der Waals surface area contributed by atoms with Crippen LogP contribution in [0, 0.1) is 6.92 Å². The molecule has 0 spiro atoms. The van der Waals surface area contributed by atoms with Gasteiger partial charge in [-0.25, -0.2) is 0 Å². The summed E-state index contributed by atoms with van der Waals surface area (Å²) < 4.78 is 0.979. The van der Waals surface area contributed by atoms with Gasteiger partial charge in [0.2, 0.25) is 11.8 Å². The third-order valence-corrected chi connectivity index (χ3v) is 4.27. The lowest BCUT2D eigenvalue weighted by molar-refractivity contribution is -0.118. The molecule has 0 saturated heterocycles. The number of halogens is 1. The molecule has 2 aromatic carbocycles. The molecule has 1 N–H and O–H groups in total. The van der Waals surface area contributed by atoms with Gasteiger partial charge >= 0.3 is 0 Å². The van der Waals surface area contributed by atoms with Crippen molar-refractivity contribution in [2.45, 2.75) is 26.2 Å². The quantitative estimate of drug-likeness (QED) is 0.789. The molecule has 0 atom stereocenters. The average molecular weight is 389 g/mol. The Morgan fingerprint density at radius 1 is 1.08 bits per heavy atom. The van der Waals surface area contributed by atoms with Gasteiger partial charge in [-0.15, -0.1) is 0 Å². The number of para-hydroxylation sites is 1.